The van der Waals surface area contributed by atoms with Gasteiger partial charge in [-0.15, -0.1) is 0 Å². The van der Waals surface area contributed by atoms with E-state index in [0.29, 0.717) is 11.6 Å². The minimum Gasteiger partial charge on any atom is -0.376 e. The van der Waals surface area contributed by atoms with Gasteiger partial charge in [0, 0.05) is 36.8 Å². The van der Waals surface area contributed by atoms with Gasteiger partial charge in [0.15, 0.2) is 5.60 Å². The second-order valence-corrected chi connectivity index (χ2v) is 9.65. The quantitative estimate of drug-likeness (QED) is 0.714. The molecule has 1 aromatic carbocycles. The van der Waals surface area contributed by atoms with Crippen molar-refractivity contribution < 1.29 is 23.1 Å². The normalized spacial score (nSPS) is 24.0. The van der Waals surface area contributed by atoms with E-state index in [1.54, 1.807) is 0 Å². The lowest BCUT2D eigenvalue weighted by Crippen LogP contribution is -2.51. The van der Waals surface area contributed by atoms with Gasteiger partial charge in [0.05, 0.1) is 0 Å². The van der Waals surface area contributed by atoms with Crippen LogP contribution >= 0.6 is 0 Å². The van der Waals surface area contributed by atoms with E-state index in [4.69, 9.17) is 0 Å². The van der Waals surface area contributed by atoms with Gasteiger partial charge in [-0.1, -0.05) is 31.4 Å². The molecular formula is C24H33F3N2O2. The number of carbonyl (C=O) groups excluding carboxylic acids is 1. The van der Waals surface area contributed by atoms with Crippen molar-refractivity contribution in [2.24, 2.45) is 0 Å². The highest BCUT2D eigenvalue weighted by molar-refractivity contribution is 5.95. The van der Waals surface area contributed by atoms with Gasteiger partial charge in [-0.2, -0.15) is 13.2 Å². The molecule has 1 aliphatic heterocycles. The summed E-state index contributed by atoms with van der Waals surface area (Å²) < 4.78 is 39.3. The molecule has 1 N–H and O–H groups in total. The van der Waals surface area contributed by atoms with Gasteiger partial charge in [0.1, 0.15) is 0 Å². The topological polar surface area (TPSA) is 43.8 Å². The number of nitrogens with zero attached hydrogens (tertiary/aromatic N) is 2. The third kappa shape index (κ3) is 4.77. The first-order valence-corrected chi connectivity index (χ1v) is 11.6. The first-order chi connectivity index (χ1) is 14.7. The lowest BCUT2D eigenvalue weighted by atomic mass is 9.91. The summed E-state index contributed by atoms with van der Waals surface area (Å²) in [5.41, 5.74) is -2.80. The molecule has 7 heteroatoms. The van der Waals surface area contributed by atoms with Crippen molar-refractivity contribution in [2.75, 3.05) is 13.1 Å². The molecule has 2 aliphatic carbocycles. The fraction of sp³-hybridized carbons (Fsp3) is 0.708. The van der Waals surface area contributed by atoms with Crippen LogP contribution in [-0.4, -0.2) is 58.2 Å². The van der Waals surface area contributed by atoms with Crippen molar-refractivity contribution in [1.29, 1.82) is 0 Å². The zero-order valence-corrected chi connectivity index (χ0v) is 18.2. The van der Waals surface area contributed by atoms with Crippen LogP contribution in [0.3, 0.4) is 0 Å². The van der Waals surface area contributed by atoms with E-state index >= 15 is 0 Å². The Morgan fingerprint density at radius 1 is 0.935 bits per heavy atom. The molecule has 4 rings (SSSR count). The molecule has 0 spiro atoms. The number of amides is 1. The molecule has 3 fully saturated rings. The Morgan fingerprint density at radius 3 is 2.00 bits per heavy atom. The van der Waals surface area contributed by atoms with Gasteiger partial charge in [-0.25, -0.2) is 0 Å². The van der Waals surface area contributed by atoms with Crippen LogP contribution in [0.2, 0.25) is 0 Å². The number of benzene rings is 1. The standard InChI is InChI=1S/C24H33F3N2O2/c1-23(31,24(25,26)27)18-9-7-17(8-10-18)22(30)29(20-11-12-20)21-13-15-28(16-14-21)19-5-3-2-4-6-19/h7-10,19-21,31H,2-6,11-16H2,1H3. The fourth-order valence-corrected chi connectivity index (χ4v) is 5.21. The van der Waals surface area contributed by atoms with Crippen LogP contribution in [-0.2, 0) is 5.60 Å². The first kappa shape index (κ1) is 22.6. The van der Waals surface area contributed by atoms with Crippen molar-refractivity contribution >= 4 is 5.91 Å². The van der Waals surface area contributed by atoms with Crippen LogP contribution in [0.1, 0.15) is 80.6 Å². The second kappa shape index (κ2) is 8.74. The zero-order chi connectivity index (χ0) is 22.2. The summed E-state index contributed by atoms with van der Waals surface area (Å²) in [4.78, 5) is 17.9. The fourth-order valence-electron chi connectivity index (χ4n) is 5.21. The number of aliphatic hydroxyl groups is 1. The highest BCUT2D eigenvalue weighted by atomic mass is 19.4. The summed E-state index contributed by atoms with van der Waals surface area (Å²) in [6, 6.07) is 6.41. The smallest absolute Gasteiger partial charge is 0.376 e. The Morgan fingerprint density at radius 2 is 1.48 bits per heavy atom. The van der Waals surface area contributed by atoms with Crippen LogP contribution in [0, 0.1) is 0 Å². The summed E-state index contributed by atoms with van der Waals surface area (Å²) in [5.74, 6) is -0.100. The number of hydrogen-bond acceptors (Lipinski definition) is 3. The third-order valence-corrected chi connectivity index (χ3v) is 7.40. The van der Waals surface area contributed by atoms with E-state index in [1.165, 1.54) is 56.4 Å². The Kier molecular flexibility index (Phi) is 6.37. The summed E-state index contributed by atoms with van der Waals surface area (Å²) in [6.45, 7) is 2.76. The predicted octanol–water partition coefficient (Wildman–Crippen LogP) is 4.86. The SMILES string of the molecule is CC(O)(c1ccc(C(=O)N(C2CC2)C2CCN(C3CCCCC3)CC2)cc1)C(F)(F)F. The molecule has 0 aromatic heterocycles. The van der Waals surface area contributed by atoms with Crippen LogP contribution in [0.25, 0.3) is 0 Å². The van der Waals surface area contributed by atoms with E-state index < -0.39 is 11.8 Å². The Hall–Kier alpha value is -1.60. The average molecular weight is 439 g/mol. The predicted molar refractivity (Wildman–Crippen MR) is 113 cm³/mol. The van der Waals surface area contributed by atoms with Crippen LogP contribution in [0.4, 0.5) is 13.2 Å². The number of halogens is 3. The minimum absolute atomic E-state index is 0.100. The molecule has 1 heterocycles. The van der Waals surface area contributed by atoms with Crippen molar-refractivity contribution in [3.05, 3.63) is 35.4 Å². The summed E-state index contributed by atoms with van der Waals surface area (Å²) in [7, 11) is 0. The molecule has 1 amide bonds. The Labute approximate surface area is 182 Å². The molecule has 2 saturated carbocycles. The zero-order valence-electron chi connectivity index (χ0n) is 18.2. The van der Waals surface area contributed by atoms with E-state index in [9.17, 15) is 23.1 Å². The number of piperidine rings is 1. The second-order valence-electron chi connectivity index (χ2n) is 9.65. The van der Waals surface area contributed by atoms with Crippen molar-refractivity contribution in [2.45, 2.75) is 94.6 Å². The van der Waals surface area contributed by atoms with Crippen LogP contribution in [0.5, 0.6) is 0 Å². The number of carbonyl (C=O) groups is 1. The maximum Gasteiger partial charge on any atom is 0.421 e. The van der Waals surface area contributed by atoms with Crippen LogP contribution in [0.15, 0.2) is 24.3 Å². The molecule has 1 aromatic rings. The molecule has 3 aliphatic rings. The molecular weight excluding hydrogens is 405 g/mol. The minimum atomic E-state index is -4.77. The number of rotatable bonds is 5. The first-order valence-electron chi connectivity index (χ1n) is 11.6. The summed E-state index contributed by atoms with van der Waals surface area (Å²) >= 11 is 0. The van der Waals surface area contributed by atoms with E-state index in [1.807, 2.05) is 4.90 Å². The van der Waals surface area contributed by atoms with E-state index in [2.05, 4.69) is 4.90 Å². The van der Waals surface area contributed by atoms with Crippen molar-refractivity contribution in [3.63, 3.8) is 0 Å². The average Bonchev–Trinajstić information content (AvgIpc) is 3.59. The van der Waals surface area contributed by atoms with Crippen LogP contribution < -0.4 is 0 Å². The van der Waals surface area contributed by atoms with Crippen molar-refractivity contribution in [3.8, 4) is 0 Å². The summed E-state index contributed by atoms with van der Waals surface area (Å²) in [5, 5.41) is 9.87. The third-order valence-electron chi connectivity index (χ3n) is 7.40. The van der Waals surface area contributed by atoms with Gasteiger partial charge in [-0.3, -0.25) is 4.79 Å². The summed E-state index contributed by atoms with van der Waals surface area (Å²) in [6.07, 6.45) is 5.67. The highest BCUT2D eigenvalue weighted by Crippen LogP contribution is 2.39. The molecule has 172 valence electrons. The lowest BCUT2D eigenvalue weighted by molar-refractivity contribution is -0.258. The molecule has 31 heavy (non-hydrogen) atoms. The maximum absolute atomic E-state index is 13.3. The van der Waals surface area contributed by atoms with E-state index in [0.717, 1.165) is 45.7 Å². The van der Waals surface area contributed by atoms with E-state index in [-0.39, 0.29) is 23.6 Å². The molecule has 0 radical (unpaired) electrons. The molecule has 0 bridgehead atoms. The molecule has 1 unspecified atom stereocenters. The molecule has 1 saturated heterocycles. The molecule has 1 atom stereocenters. The maximum atomic E-state index is 13.3. The largest absolute Gasteiger partial charge is 0.421 e. The molecule has 4 nitrogen and oxygen atoms in total. The Balaban J connectivity index is 1.43. The van der Waals surface area contributed by atoms with Gasteiger partial charge in [-0.05, 0) is 63.1 Å². The van der Waals surface area contributed by atoms with Gasteiger partial charge in [0.2, 0.25) is 0 Å². The number of alkyl halides is 3. The Bertz CT molecular complexity index is 760. The van der Waals surface area contributed by atoms with Crippen molar-refractivity contribution in [1.82, 2.24) is 9.80 Å². The van der Waals surface area contributed by atoms with Gasteiger partial charge < -0.3 is 14.9 Å². The number of likely N-dealkylation sites (tertiary alicyclic amines) is 1. The monoisotopic (exact) mass is 438 g/mol. The van der Waals surface area contributed by atoms with Gasteiger partial charge >= 0.3 is 6.18 Å². The highest BCUT2D eigenvalue weighted by Gasteiger charge is 2.51. The number of hydrogen-bond donors (Lipinski definition) is 1. The lowest BCUT2D eigenvalue weighted by Gasteiger charge is -2.42. The van der Waals surface area contributed by atoms with Gasteiger partial charge in [0.25, 0.3) is 5.91 Å².